The molecule has 1 aromatic rings. The third-order valence-electron chi connectivity index (χ3n) is 3.38. The van der Waals surface area contributed by atoms with E-state index in [2.05, 4.69) is 5.32 Å². The zero-order valence-electron chi connectivity index (χ0n) is 12.7. The predicted molar refractivity (Wildman–Crippen MR) is 79.6 cm³/mol. The first-order chi connectivity index (χ1) is 10.5. The van der Waals surface area contributed by atoms with E-state index in [4.69, 9.17) is 14.6 Å². The van der Waals surface area contributed by atoms with Gasteiger partial charge >= 0.3 is 5.97 Å². The Hall–Kier alpha value is -2.08. The van der Waals surface area contributed by atoms with Crippen molar-refractivity contribution >= 4 is 11.9 Å². The molecule has 0 aliphatic carbocycles. The Bertz CT molecular complexity index is 543. The molecule has 6 nitrogen and oxygen atoms in total. The summed E-state index contributed by atoms with van der Waals surface area (Å²) in [6, 6.07) is 7.49. The number of hydrogen-bond donors (Lipinski definition) is 2. The van der Waals surface area contributed by atoms with Crippen LogP contribution in [0.3, 0.4) is 0 Å². The van der Waals surface area contributed by atoms with E-state index in [0.29, 0.717) is 19.4 Å². The van der Waals surface area contributed by atoms with E-state index in [0.717, 1.165) is 11.3 Å². The minimum Gasteiger partial charge on any atom is -0.491 e. The summed E-state index contributed by atoms with van der Waals surface area (Å²) in [5.41, 5.74) is 0.873. The van der Waals surface area contributed by atoms with Crippen molar-refractivity contribution in [2.75, 3.05) is 0 Å². The zero-order chi connectivity index (χ0) is 16.1. The number of rotatable bonds is 6. The fourth-order valence-corrected chi connectivity index (χ4v) is 2.33. The van der Waals surface area contributed by atoms with Gasteiger partial charge in [0.1, 0.15) is 11.9 Å². The van der Waals surface area contributed by atoms with Gasteiger partial charge in [0.05, 0.1) is 6.10 Å². The van der Waals surface area contributed by atoms with E-state index in [9.17, 15) is 9.59 Å². The summed E-state index contributed by atoms with van der Waals surface area (Å²) < 4.78 is 10.9. The Kier molecular flexibility index (Phi) is 5.38. The molecule has 1 saturated heterocycles. The van der Waals surface area contributed by atoms with E-state index in [-0.39, 0.29) is 12.0 Å². The standard InChI is InChI=1S/C16H21NO5/c1-10(2)21-12-6-4-3-5-11(12)9-17-15(18)13-7-8-14(22-13)16(19)20/h3-6,10,13-14H,7-9H2,1-2H3,(H,17,18)(H,19,20)/t13-,14+/m0/s1. The lowest BCUT2D eigenvalue weighted by Crippen LogP contribution is -2.35. The lowest BCUT2D eigenvalue weighted by molar-refractivity contribution is -0.151. The molecule has 1 aromatic carbocycles. The van der Waals surface area contributed by atoms with Gasteiger partial charge in [-0.25, -0.2) is 4.79 Å². The monoisotopic (exact) mass is 307 g/mol. The van der Waals surface area contributed by atoms with Gasteiger partial charge < -0.3 is 19.9 Å². The van der Waals surface area contributed by atoms with Crippen LogP contribution in [0.2, 0.25) is 0 Å². The number of para-hydroxylation sites is 1. The maximum atomic E-state index is 12.1. The Balaban J connectivity index is 1.90. The Morgan fingerprint density at radius 2 is 2.00 bits per heavy atom. The topological polar surface area (TPSA) is 84.9 Å². The first-order valence-corrected chi connectivity index (χ1v) is 7.38. The molecule has 0 bridgehead atoms. The van der Waals surface area contributed by atoms with Crippen LogP contribution in [0.15, 0.2) is 24.3 Å². The largest absolute Gasteiger partial charge is 0.491 e. The molecule has 1 aliphatic rings. The van der Waals surface area contributed by atoms with Crippen molar-refractivity contribution in [3.8, 4) is 5.75 Å². The normalized spacial score (nSPS) is 20.9. The van der Waals surface area contributed by atoms with E-state index < -0.39 is 18.2 Å². The number of hydrogen-bond acceptors (Lipinski definition) is 4. The van der Waals surface area contributed by atoms with Gasteiger partial charge in [-0.2, -0.15) is 0 Å². The number of benzene rings is 1. The van der Waals surface area contributed by atoms with Gasteiger partial charge in [0.2, 0.25) is 5.91 Å². The van der Waals surface area contributed by atoms with Gasteiger partial charge in [-0.3, -0.25) is 4.79 Å². The molecule has 0 aromatic heterocycles. The Labute approximate surface area is 129 Å². The number of amides is 1. The molecule has 1 aliphatic heterocycles. The van der Waals surface area contributed by atoms with Crippen LogP contribution in [0.1, 0.15) is 32.3 Å². The van der Waals surface area contributed by atoms with E-state index >= 15 is 0 Å². The fraction of sp³-hybridized carbons (Fsp3) is 0.500. The minimum atomic E-state index is -1.02. The van der Waals surface area contributed by atoms with Gasteiger partial charge in [0.25, 0.3) is 0 Å². The molecule has 0 unspecified atom stereocenters. The van der Waals surface area contributed by atoms with Crippen molar-refractivity contribution in [3.63, 3.8) is 0 Å². The maximum absolute atomic E-state index is 12.1. The molecule has 2 rings (SSSR count). The van der Waals surface area contributed by atoms with Crippen LogP contribution in [0, 0.1) is 0 Å². The predicted octanol–water partition coefficient (Wildman–Crippen LogP) is 1.72. The van der Waals surface area contributed by atoms with Crippen molar-refractivity contribution in [3.05, 3.63) is 29.8 Å². The Morgan fingerprint density at radius 1 is 1.32 bits per heavy atom. The minimum absolute atomic E-state index is 0.0475. The maximum Gasteiger partial charge on any atom is 0.332 e. The number of ether oxygens (including phenoxy) is 2. The molecular formula is C16H21NO5. The van der Waals surface area contributed by atoms with E-state index in [1.54, 1.807) is 0 Å². The van der Waals surface area contributed by atoms with E-state index in [1.807, 2.05) is 38.1 Å². The van der Waals surface area contributed by atoms with Crippen LogP contribution in [-0.2, 0) is 20.9 Å². The van der Waals surface area contributed by atoms with E-state index in [1.165, 1.54) is 0 Å². The summed E-state index contributed by atoms with van der Waals surface area (Å²) >= 11 is 0. The van der Waals surface area contributed by atoms with Gasteiger partial charge in [0.15, 0.2) is 6.10 Å². The second kappa shape index (κ2) is 7.26. The van der Waals surface area contributed by atoms with Crippen molar-refractivity contribution < 1.29 is 24.2 Å². The highest BCUT2D eigenvalue weighted by Crippen LogP contribution is 2.21. The van der Waals surface area contributed by atoms with Crippen LogP contribution in [0.25, 0.3) is 0 Å². The first-order valence-electron chi connectivity index (χ1n) is 7.38. The average Bonchev–Trinajstić information content (AvgIpc) is 2.95. The highest BCUT2D eigenvalue weighted by atomic mass is 16.5. The molecule has 0 radical (unpaired) electrons. The van der Waals surface area contributed by atoms with Crippen LogP contribution in [0.5, 0.6) is 5.75 Å². The fourth-order valence-electron chi connectivity index (χ4n) is 2.33. The number of carbonyl (C=O) groups is 2. The Morgan fingerprint density at radius 3 is 2.64 bits per heavy atom. The number of carboxylic acid groups (broad SMARTS) is 1. The SMILES string of the molecule is CC(C)Oc1ccccc1CNC(=O)[C@@H]1CC[C@H](C(=O)O)O1. The zero-order valence-corrected chi connectivity index (χ0v) is 12.7. The summed E-state index contributed by atoms with van der Waals surface area (Å²) in [4.78, 5) is 22.9. The third-order valence-corrected chi connectivity index (χ3v) is 3.38. The molecule has 2 atom stereocenters. The smallest absolute Gasteiger partial charge is 0.332 e. The molecule has 1 heterocycles. The second-order valence-corrected chi connectivity index (χ2v) is 5.52. The molecule has 1 fully saturated rings. The van der Waals surface area contributed by atoms with Gasteiger partial charge in [-0.05, 0) is 32.8 Å². The van der Waals surface area contributed by atoms with Crippen molar-refractivity contribution in [2.45, 2.75) is 51.5 Å². The molecule has 22 heavy (non-hydrogen) atoms. The molecular weight excluding hydrogens is 286 g/mol. The van der Waals surface area contributed by atoms with Gasteiger partial charge in [-0.1, -0.05) is 18.2 Å². The highest BCUT2D eigenvalue weighted by molar-refractivity contribution is 5.82. The van der Waals surface area contributed by atoms with Crippen molar-refractivity contribution in [2.24, 2.45) is 0 Å². The third kappa shape index (κ3) is 4.21. The van der Waals surface area contributed by atoms with Crippen molar-refractivity contribution in [1.82, 2.24) is 5.32 Å². The van der Waals surface area contributed by atoms with Gasteiger partial charge in [-0.15, -0.1) is 0 Å². The van der Waals surface area contributed by atoms with Crippen LogP contribution >= 0.6 is 0 Å². The summed E-state index contributed by atoms with van der Waals surface area (Å²) in [6.45, 7) is 4.20. The number of carboxylic acids is 1. The first kappa shape index (κ1) is 16.3. The lowest BCUT2D eigenvalue weighted by Gasteiger charge is -2.16. The average molecular weight is 307 g/mol. The van der Waals surface area contributed by atoms with Crippen LogP contribution in [0.4, 0.5) is 0 Å². The summed E-state index contributed by atoms with van der Waals surface area (Å²) in [6.07, 6.45) is -0.745. The molecule has 1 amide bonds. The molecule has 120 valence electrons. The quantitative estimate of drug-likeness (QED) is 0.836. The molecule has 6 heteroatoms. The van der Waals surface area contributed by atoms with Crippen LogP contribution < -0.4 is 10.1 Å². The van der Waals surface area contributed by atoms with Crippen LogP contribution in [-0.4, -0.2) is 35.3 Å². The molecule has 0 saturated carbocycles. The van der Waals surface area contributed by atoms with Crippen molar-refractivity contribution in [1.29, 1.82) is 0 Å². The summed E-state index contributed by atoms with van der Waals surface area (Å²) in [7, 11) is 0. The van der Waals surface area contributed by atoms with Gasteiger partial charge in [0, 0.05) is 12.1 Å². The second-order valence-electron chi connectivity index (χ2n) is 5.52. The number of carbonyl (C=O) groups excluding carboxylic acids is 1. The molecule has 2 N–H and O–H groups in total. The summed E-state index contributed by atoms with van der Waals surface area (Å²) in [5, 5.41) is 11.6. The molecule has 0 spiro atoms. The lowest BCUT2D eigenvalue weighted by atomic mass is 10.1. The summed E-state index contributed by atoms with van der Waals surface area (Å²) in [5.74, 6) is -0.581. The highest BCUT2D eigenvalue weighted by Gasteiger charge is 2.34. The number of aliphatic carboxylic acids is 1. The number of nitrogens with one attached hydrogen (secondary N) is 1.